The Bertz CT molecular complexity index is 549. The van der Waals surface area contributed by atoms with Gasteiger partial charge in [0.15, 0.2) is 0 Å². The number of hydrogen-bond donors (Lipinski definition) is 1. The number of carboxylic acid groups (broad SMARTS) is 1. The number of fused-ring (bicyclic) bond motifs is 1. The van der Waals surface area contributed by atoms with E-state index < -0.39 is 11.9 Å². The lowest BCUT2D eigenvalue weighted by Crippen LogP contribution is -2.38. The molecule has 19 heavy (non-hydrogen) atoms. The second-order valence-electron chi connectivity index (χ2n) is 4.90. The molecule has 1 saturated carbocycles. The molecule has 2 heterocycles. The maximum absolute atomic E-state index is 12.2. The van der Waals surface area contributed by atoms with Crippen LogP contribution in [0.2, 0.25) is 0 Å². The van der Waals surface area contributed by atoms with Crippen molar-refractivity contribution in [3.63, 3.8) is 0 Å². The van der Waals surface area contributed by atoms with Crippen molar-refractivity contribution >= 4 is 17.8 Å². The predicted molar refractivity (Wildman–Crippen MR) is 63.5 cm³/mol. The van der Waals surface area contributed by atoms with Crippen molar-refractivity contribution in [3.05, 3.63) is 29.6 Å². The van der Waals surface area contributed by atoms with Gasteiger partial charge < -0.3 is 5.11 Å². The van der Waals surface area contributed by atoms with Gasteiger partial charge in [0.1, 0.15) is 0 Å². The van der Waals surface area contributed by atoms with Crippen LogP contribution >= 0.6 is 0 Å². The van der Waals surface area contributed by atoms with E-state index >= 15 is 0 Å². The quantitative estimate of drug-likeness (QED) is 0.799. The second kappa shape index (κ2) is 4.15. The van der Waals surface area contributed by atoms with E-state index in [1.54, 1.807) is 0 Å². The number of hydrogen-bond acceptors (Lipinski definition) is 4. The Labute approximate surface area is 109 Å². The molecule has 6 nitrogen and oxygen atoms in total. The first kappa shape index (κ1) is 11.8. The predicted octanol–water partition coefficient (Wildman–Crippen LogP) is 0.931. The molecule has 1 aromatic rings. The molecule has 2 amide bonds. The molecule has 0 radical (unpaired) electrons. The Morgan fingerprint density at radius 2 is 2.00 bits per heavy atom. The topological polar surface area (TPSA) is 87.6 Å². The maximum atomic E-state index is 12.2. The number of aromatic nitrogens is 1. The number of pyridine rings is 1. The van der Waals surface area contributed by atoms with Crippen LogP contribution in [0.5, 0.6) is 0 Å². The summed E-state index contributed by atoms with van der Waals surface area (Å²) in [6.07, 6.45) is 4.26. The standard InChI is InChI=1S/C13H12N2O4/c16-11-9-3-4-14-6-10(9)12(17)15(11)8-2-1-7(5-8)13(18)19/h3-4,6-8H,1-2,5H2,(H,18,19). The van der Waals surface area contributed by atoms with Gasteiger partial charge in [-0.25, -0.2) is 0 Å². The summed E-state index contributed by atoms with van der Waals surface area (Å²) in [6.45, 7) is 0. The first-order valence-electron chi connectivity index (χ1n) is 6.14. The van der Waals surface area contributed by atoms with E-state index in [2.05, 4.69) is 4.98 Å². The van der Waals surface area contributed by atoms with Gasteiger partial charge in [-0.2, -0.15) is 0 Å². The average Bonchev–Trinajstić information content (AvgIpc) is 2.96. The molecule has 98 valence electrons. The summed E-state index contributed by atoms with van der Waals surface area (Å²) in [6, 6.07) is 1.22. The molecule has 0 saturated heterocycles. The Morgan fingerprint density at radius 3 is 2.63 bits per heavy atom. The largest absolute Gasteiger partial charge is 0.481 e. The minimum Gasteiger partial charge on any atom is -0.481 e. The summed E-state index contributed by atoms with van der Waals surface area (Å²) < 4.78 is 0. The molecule has 1 aliphatic carbocycles. The van der Waals surface area contributed by atoms with Crippen molar-refractivity contribution in [2.75, 3.05) is 0 Å². The highest BCUT2D eigenvalue weighted by Crippen LogP contribution is 2.34. The summed E-state index contributed by atoms with van der Waals surface area (Å²) in [5.41, 5.74) is 0.671. The van der Waals surface area contributed by atoms with Gasteiger partial charge in [0, 0.05) is 18.4 Å². The van der Waals surface area contributed by atoms with Crippen LogP contribution in [0.4, 0.5) is 0 Å². The van der Waals surface area contributed by atoms with Crippen molar-refractivity contribution in [3.8, 4) is 0 Å². The lowest BCUT2D eigenvalue weighted by molar-refractivity contribution is -0.141. The molecule has 2 atom stereocenters. The first-order chi connectivity index (χ1) is 9.09. The molecule has 1 aromatic heterocycles. The number of carbonyl (C=O) groups is 3. The third-order valence-corrected chi connectivity index (χ3v) is 3.84. The zero-order valence-corrected chi connectivity index (χ0v) is 10.1. The Kier molecular flexibility index (Phi) is 2.58. The van der Waals surface area contributed by atoms with E-state index in [-0.39, 0.29) is 17.9 Å². The highest BCUT2D eigenvalue weighted by molar-refractivity contribution is 6.21. The highest BCUT2D eigenvalue weighted by Gasteiger charge is 2.43. The summed E-state index contributed by atoms with van der Waals surface area (Å²) in [5, 5.41) is 8.98. The lowest BCUT2D eigenvalue weighted by atomic mass is 10.1. The molecule has 0 bridgehead atoms. The third kappa shape index (κ3) is 1.71. The van der Waals surface area contributed by atoms with Crippen LogP contribution in [0.15, 0.2) is 18.5 Å². The minimum absolute atomic E-state index is 0.311. The fourth-order valence-electron chi connectivity index (χ4n) is 2.85. The van der Waals surface area contributed by atoms with Crippen molar-refractivity contribution in [2.24, 2.45) is 5.92 Å². The molecular weight excluding hydrogens is 248 g/mol. The molecule has 6 heteroatoms. The fraction of sp³-hybridized carbons (Fsp3) is 0.385. The molecular formula is C13H12N2O4. The van der Waals surface area contributed by atoms with Crippen LogP contribution in [-0.4, -0.2) is 38.8 Å². The van der Waals surface area contributed by atoms with Crippen LogP contribution in [0, 0.1) is 5.92 Å². The Balaban J connectivity index is 1.87. The monoisotopic (exact) mass is 260 g/mol. The number of amides is 2. The van der Waals surface area contributed by atoms with E-state index in [9.17, 15) is 14.4 Å². The van der Waals surface area contributed by atoms with E-state index in [0.717, 1.165) is 0 Å². The smallest absolute Gasteiger partial charge is 0.306 e. The van der Waals surface area contributed by atoms with Gasteiger partial charge in [-0.05, 0) is 25.3 Å². The minimum atomic E-state index is -0.860. The highest BCUT2D eigenvalue weighted by atomic mass is 16.4. The van der Waals surface area contributed by atoms with Crippen LogP contribution in [0.3, 0.4) is 0 Å². The van der Waals surface area contributed by atoms with Crippen LogP contribution in [0.1, 0.15) is 40.0 Å². The SMILES string of the molecule is O=C(O)C1CCC(N2C(=O)c3ccncc3C2=O)C1. The normalized spacial score (nSPS) is 25.8. The van der Waals surface area contributed by atoms with Gasteiger partial charge >= 0.3 is 5.97 Å². The fourth-order valence-corrected chi connectivity index (χ4v) is 2.85. The molecule has 2 aliphatic rings. The summed E-state index contributed by atoms with van der Waals surface area (Å²) in [5.74, 6) is -2.02. The third-order valence-electron chi connectivity index (χ3n) is 3.84. The van der Waals surface area contributed by atoms with E-state index in [1.807, 2.05) is 0 Å². The van der Waals surface area contributed by atoms with Gasteiger partial charge in [0.05, 0.1) is 17.0 Å². The van der Waals surface area contributed by atoms with Gasteiger partial charge in [-0.1, -0.05) is 0 Å². The number of imide groups is 1. The number of nitrogens with zero attached hydrogens (tertiary/aromatic N) is 2. The molecule has 1 aliphatic heterocycles. The maximum Gasteiger partial charge on any atom is 0.306 e. The van der Waals surface area contributed by atoms with Gasteiger partial charge in [-0.15, -0.1) is 0 Å². The zero-order valence-electron chi connectivity index (χ0n) is 10.1. The molecule has 3 rings (SSSR count). The summed E-state index contributed by atoms with van der Waals surface area (Å²) in [7, 11) is 0. The number of carbonyl (C=O) groups excluding carboxylic acids is 2. The van der Waals surface area contributed by atoms with E-state index in [1.165, 1.54) is 23.4 Å². The van der Waals surface area contributed by atoms with Crippen LogP contribution < -0.4 is 0 Å². The van der Waals surface area contributed by atoms with E-state index in [4.69, 9.17) is 5.11 Å². The summed E-state index contributed by atoms with van der Waals surface area (Å²) >= 11 is 0. The first-order valence-corrected chi connectivity index (χ1v) is 6.14. The molecule has 1 fully saturated rings. The van der Waals surface area contributed by atoms with Crippen molar-refractivity contribution < 1.29 is 19.5 Å². The van der Waals surface area contributed by atoms with Crippen molar-refractivity contribution in [1.29, 1.82) is 0 Å². The van der Waals surface area contributed by atoms with E-state index in [0.29, 0.717) is 30.4 Å². The lowest BCUT2D eigenvalue weighted by Gasteiger charge is -2.21. The molecule has 2 unspecified atom stereocenters. The average molecular weight is 260 g/mol. The Morgan fingerprint density at radius 1 is 1.26 bits per heavy atom. The number of rotatable bonds is 2. The Hall–Kier alpha value is -2.24. The van der Waals surface area contributed by atoms with Crippen LogP contribution in [-0.2, 0) is 4.79 Å². The van der Waals surface area contributed by atoms with Gasteiger partial charge in [0.25, 0.3) is 11.8 Å². The van der Waals surface area contributed by atoms with Crippen molar-refractivity contribution in [2.45, 2.75) is 25.3 Å². The van der Waals surface area contributed by atoms with Gasteiger partial charge in [-0.3, -0.25) is 24.3 Å². The molecule has 0 aromatic carbocycles. The van der Waals surface area contributed by atoms with Crippen molar-refractivity contribution in [1.82, 2.24) is 9.88 Å². The number of carboxylic acids is 1. The second-order valence-corrected chi connectivity index (χ2v) is 4.90. The van der Waals surface area contributed by atoms with Gasteiger partial charge in [0.2, 0.25) is 0 Å². The van der Waals surface area contributed by atoms with Crippen LogP contribution in [0.25, 0.3) is 0 Å². The number of aliphatic carboxylic acids is 1. The zero-order chi connectivity index (χ0) is 13.6. The molecule has 0 spiro atoms. The summed E-state index contributed by atoms with van der Waals surface area (Å²) in [4.78, 5) is 40.4. The molecule has 1 N–H and O–H groups in total.